The van der Waals surface area contributed by atoms with Crippen molar-refractivity contribution in [2.24, 2.45) is 5.92 Å². The van der Waals surface area contributed by atoms with Crippen LogP contribution in [0.4, 0.5) is 0 Å². The Balaban J connectivity index is 2.10. The van der Waals surface area contributed by atoms with Crippen molar-refractivity contribution in [3.8, 4) is 5.75 Å². The van der Waals surface area contributed by atoms with Gasteiger partial charge in [-0.1, -0.05) is 12.1 Å². The molecule has 1 fully saturated rings. The van der Waals surface area contributed by atoms with E-state index in [0.717, 1.165) is 6.42 Å². The van der Waals surface area contributed by atoms with E-state index in [1.807, 2.05) is 0 Å². The molecule has 2 unspecified atom stereocenters. The Bertz CT molecular complexity index is 417. The maximum absolute atomic E-state index is 12.1. The Morgan fingerprint density at radius 1 is 1.47 bits per heavy atom. The fourth-order valence-corrected chi connectivity index (χ4v) is 2.19. The van der Waals surface area contributed by atoms with Gasteiger partial charge in [0.1, 0.15) is 5.75 Å². The van der Waals surface area contributed by atoms with Gasteiger partial charge in [0.15, 0.2) is 0 Å². The molecule has 0 bridgehead atoms. The van der Waals surface area contributed by atoms with Crippen LogP contribution < -0.4 is 0 Å². The molecule has 1 aliphatic heterocycles. The minimum atomic E-state index is -0.392. The highest BCUT2D eigenvalue weighted by atomic mass is 16.3. The maximum Gasteiger partial charge on any atom is 0.257 e. The van der Waals surface area contributed by atoms with Crippen molar-refractivity contribution < 1.29 is 15.0 Å². The second-order valence-corrected chi connectivity index (χ2v) is 4.56. The van der Waals surface area contributed by atoms with Crippen molar-refractivity contribution >= 4 is 5.91 Å². The van der Waals surface area contributed by atoms with Crippen molar-refractivity contribution in [2.75, 3.05) is 13.1 Å². The minimum absolute atomic E-state index is 0.0120. The average molecular weight is 235 g/mol. The molecule has 0 aromatic heterocycles. The molecule has 92 valence electrons. The van der Waals surface area contributed by atoms with Gasteiger partial charge in [0, 0.05) is 19.0 Å². The van der Waals surface area contributed by atoms with Crippen LogP contribution in [0.2, 0.25) is 0 Å². The molecule has 1 aromatic rings. The number of phenols is 1. The molecule has 0 radical (unpaired) electrons. The van der Waals surface area contributed by atoms with Gasteiger partial charge in [0.05, 0.1) is 11.7 Å². The molecule has 17 heavy (non-hydrogen) atoms. The van der Waals surface area contributed by atoms with Crippen LogP contribution in [0.1, 0.15) is 23.7 Å². The van der Waals surface area contributed by atoms with Crippen LogP contribution in [0.3, 0.4) is 0 Å². The van der Waals surface area contributed by atoms with Gasteiger partial charge < -0.3 is 15.1 Å². The van der Waals surface area contributed by atoms with Crippen LogP contribution in [-0.2, 0) is 0 Å². The number of nitrogens with zero attached hydrogens (tertiary/aromatic N) is 1. The number of rotatable bonds is 2. The summed E-state index contributed by atoms with van der Waals surface area (Å²) < 4.78 is 0. The number of aromatic hydroxyl groups is 1. The lowest BCUT2D eigenvalue weighted by Gasteiger charge is -2.18. The van der Waals surface area contributed by atoms with Gasteiger partial charge in [-0.2, -0.15) is 0 Å². The van der Waals surface area contributed by atoms with Gasteiger partial charge in [-0.25, -0.2) is 0 Å². The summed E-state index contributed by atoms with van der Waals surface area (Å²) in [6, 6.07) is 6.55. The normalized spacial score (nSPS) is 21.5. The summed E-state index contributed by atoms with van der Waals surface area (Å²) in [5.41, 5.74) is 0.332. The molecule has 4 heteroatoms. The zero-order chi connectivity index (χ0) is 12.4. The summed E-state index contributed by atoms with van der Waals surface area (Å²) >= 11 is 0. The summed E-state index contributed by atoms with van der Waals surface area (Å²) in [5, 5.41) is 19.1. The first-order valence-electron chi connectivity index (χ1n) is 5.85. The minimum Gasteiger partial charge on any atom is -0.507 e. The summed E-state index contributed by atoms with van der Waals surface area (Å²) in [6.07, 6.45) is 0.425. The largest absolute Gasteiger partial charge is 0.507 e. The third kappa shape index (κ3) is 2.42. The third-order valence-corrected chi connectivity index (χ3v) is 3.33. The number of carbonyl (C=O) groups is 1. The fourth-order valence-electron chi connectivity index (χ4n) is 2.19. The number of benzene rings is 1. The first kappa shape index (κ1) is 11.9. The molecule has 1 aromatic carbocycles. The Morgan fingerprint density at radius 2 is 2.18 bits per heavy atom. The van der Waals surface area contributed by atoms with Gasteiger partial charge in [-0.3, -0.25) is 4.79 Å². The Labute approximate surface area is 100 Å². The Morgan fingerprint density at radius 3 is 2.76 bits per heavy atom. The fraction of sp³-hybridized carbons (Fsp3) is 0.462. The van der Waals surface area contributed by atoms with Gasteiger partial charge in [-0.15, -0.1) is 0 Å². The van der Waals surface area contributed by atoms with E-state index in [1.54, 1.807) is 30.0 Å². The zero-order valence-electron chi connectivity index (χ0n) is 9.84. The first-order chi connectivity index (χ1) is 8.09. The van der Waals surface area contributed by atoms with E-state index in [1.165, 1.54) is 6.07 Å². The smallest absolute Gasteiger partial charge is 0.257 e. The van der Waals surface area contributed by atoms with Gasteiger partial charge in [0.25, 0.3) is 5.91 Å². The van der Waals surface area contributed by atoms with E-state index in [2.05, 4.69) is 0 Å². The SMILES string of the molecule is CC(O)C1CCN(C(=O)c2ccccc2O)C1. The van der Waals surface area contributed by atoms with Gasteiger partial charge >= 0.3 is 0 Å². The topological polar surface area (TPSA) is 60.8 Å². The second-order valence-electron chi connectivity index (χ2n) is 4.56. The van der Waals surface area contributed by atoms with Crippen LogP contribution in [0, 0.1) is 5.92 Å². The lowest BCUT2D eigenvalue weighted by molar-refractivity contribution is 0.0759. The van der Waals surface area contributed by atoms with Crippen molar-refractivity contribution in [1.82, 2.24) is 4.90 Å². The van der Waals surface area contributed by atoms with Crippen molar-refractivity contribution in [1.29, 1.82) is 0 Å². The molecule has 0 saturated carbocycles. The highest BCUT2D eigenvalue weighted by Crippen LogP contribution is 2.24. The molecule has 4 nitrogen and oxygen atoms in total. The molecular formula is C13H17NO3. The lowest BCUT2D eigenvalue weighted by atomic mass is 10.0. The second kappa shape index (κ2) is 4.75. The molecule has 1 saturated heterocycles. The maximum atomic E-state index is 12.1. The molecule has 1 amide bonds. The predicted molar refractivity (Wildman–Crippen MR) is 63.8 cm³/mol. The molecular weight excluding hydrogens is 218 g/mol. The van der Waals surface area contributed by atoms with E-state index in [9.17, 15) is 15.0 Å². The molecule has 2 N–H and O–H groups in total. The highest BCUT2D eigenvalue weighted by molar-refractivity contribution is 5.96. The average Bonchev–Trinajstić information content (AvgIpc) is 2.78. The molecule has 1 aliphatic rings. The quantitative estimate of drug-likeness (QED) is 0.810. The van der Waals surface area contributed by atoms with E-state index < -0.39 is 6.10 Å². The first-order valence-corrected chi connectivity index (χ1v) is 5.85. The van der Waals surface area contributed by atoms with Crippen LogP contribution in [0.5, 0.6) is 5.75 Å². The summed E-state index contributed by atoms with van der Waals surface area (Å²) in [6.45, 7) is 2.95. The number of carbonyl (C=O) groups excluding carboxylic acids is 1. The van der Waals surface area contributed by atoms with E-state index in [0.29, 0.717) is 18.7 Å². The van der Waals surface area contributed by atoms with Crippen LogP contribution in [0.25, 0.3) is 0 Å². The Kier molecular flexibility index (Phi) is 3.33. The third-order valence-electron chi connectivity index (χ3n) is 3.33. The zero-order valence-corrected chi connectivity index (χ0v) is 9.84. The number of amides is 1. The van der Waals surface area contributed by atoms with Gasteiger partial charge in [-0.05, 0) is 25.5 Å². The number of phenolic OH excluding ortho intramolecular Hbond substituents is 1. The van der Waals surface area contributed by atoms with Crippen LogP contribution >= 0.6 is 0 Å². The van der Waals surface area contributed by atoms with Gasteiger partial charge in [0.2, 0.25) is 0 Å². The molecule has 0 aliphatic carbocycles. The van der Waals surface area contributed by atoms with Crippen LogP contribution in [-0.4, -0.2) is 40.2 Å². The highest BCUT2D eigenvalue weighted by Gasteiger charge is 2.30. The molecule has 2 atom stereocenters. The van der Waals surface area contributed by atoms with Crippen molar-refractivity contribution in [2.45, 2.75) is 19.4 Å². The molecule has 0 spiro atoms. The Hall–Kier alpha value is -1.55. The number of aliphatic hydroxyl groups is 1. The number of hydrogen-bond donors (Lipinski definition) is 2. The van der Waals surface area contributed by atoms with Crippen molar-refractivity contribution in [3.05, 3.63) is 29.8 Å². The number of hydrogen-bond acceptors (Lipinski definition) is 3. The predicted octanol–water partition coefficient (Wildman–Crippen LogP) is 1.24. The van der Waals surface area contributed by atoms with E-state index in [-0.39, 0.29) is 17.6 Å². The summed E-state index contributed by atoms with van der Waals surface area (Å²) in [4.78, 5) is 13.8. The van der Waals surface area contributed by atoms with E-state index >= 15 is 0 Å². The van der Waals surface area contributed by atoms with Crippen molar-refractivity contribution in [3.63, 3.8) is 0 Å². The summed E-state index contributed by atoms with van der Waals surface area (Å²) in [5.74, 6) is -0.00551. The van der Waals surface area contributed by atoms with Crippen LogP contribution in [0.15, 0.2) is 24.3 Å². The number of para-hydroxylation sites is 1. The molecule has 1 heterocycles. The number of likely N-dealkylation sites (tertiary alicyclic amines) is 1. The van der Waals surface area contributed by atoms with E-state index in [4.69, 9.17) is 0 Å². The lowest BCUT2D eigenvalue weighted by Crippen LogP contribution is -2.30. The number of aliphatic hydroxyl groups excluding tert-OH is 1. The standard InChI is InChI=1S/C13H17NO3/c1-9(15)10-6-7-14(8-10)13(17)11-4-2-3-5-12(11)16/h2-5,9-10,15-16H,6-8H2,1H3. The molecule has 2 rings (SSSR count). The summed E-state index contributed by atoms with van der Waals surface area (Å²) in [7, 11) is 0. The monoisotopic (exact) mass is 235 g/mol.